The van der Waals surface area contributed by atoms with Gasteiger partial charge in [0.05, 0.1) is 31.5 Å². The number of methoxy groups -OCH3 is 1. The molecule has 0 aromatic heterocycles. The second-order valence-corrected chi connectivity index (χ2v) is 8.12. The van der Waals surface area contributed by atoms with Gasteiger partial charge in [-0.15, -0.1) is 0 Å². The van der Waals surface area contributed by atoms with E-state index in [4.69, 9.17) is 34.4 Å². The fourth-order valence-corrected chi connectivity index (χ4v) is 4.52. The minimum Gasteiger partial charge on any atom is -0.394 e. The monoisotopic (exact) mass is 393 g/mol. The molecule has 10 heteroatoms. The molecule has 2 saturated heterocycles. The molecule has 150 valence electrons. The van der Waals surface area contributed by atoms with Crippen LogP contribution in [0.5, 0.6) is 0 Å². The Bertz CT molecular complexity index is 527. The summed E-state index contributed by atoms with van der Waals surface area (Å²) in [6, 6.07) is 0. The van der Waals surface area contributed by atoms with E-state index in [1.54, 1.807) is 7.11 Å². The minimum absolute atomic E-state index is 0.0136. The number of hydrogen-bond donors (Lipinski definition) is 1. The molecule has 2 heterocycles. The molecular formula is C16H28NO8P. The lowest BCUT2D eigenvalue weighted by Crippen LogP contribution is -2.30. The average Bonchev–Trinajstić information content (AvgIpc) is 3.14. The second kappa shape index (κ2) is 10.1. The van der Waals surface area contributed by atoms with Gasteiger partial charge in [-0.05, 0) is 13.8 Å². The number of aliphatic hydroxyl groups excluding tert-OH is 1. The first kappa shape index (κ1) is 21.7. The smallest absolute Gasteiger partial charge is 0.394 e. The van der Waals surface area contributed by atoms with Crippen LogP contribution < -0.4 is 0 Å². The number of phosphoric ester groups is 1. The lowest BCUT2D eigenvalue weighted by molar-refractivity contribution is -0.0447. The maximum absolute atomic E-state index is 13.0. The van der Waals surface area contributed by atoms with Gasteiger partial charge in [0, 0.05) is 20.0 Å². The first-order valence-electron chi connectivity index (χ1n) is 8.76. The van der Waals surface area contributed by atoms with Crippen LogP contribution in [0.1, 0.15) is 26.7 Å². The van der Waals surface area contributed by atoms with Crippen molar-refractivity contribution < 1.29 is 37.5 Å². The summed E-state index contributed by atoms with van der Waals surface area (Å²) in [4.78, 5) is 3.17. The van der Waals surface area contributed by atoms with E-state index in [1.165, 1.54) is 0 Å². The summed E-state index contributed by atoms with van der Waals surface area (Å²) < 4.78 is 46.0. The molecule has 2 aliphatic heterocycles. The highest BCUT2D eigenvalue weighted by Crippen LogP contribution is 2.52. The van der Waals surface area contributed by atoms with Crippen molar-refractivity contribution in [2.24, 2.45) is 0 Å². The minimum atomic E-state index is -3.95. The fraction of sp³-hybridized carbons (Fsp3) is 0.938. The summed E-state index contributed by atoms with van der Waals surface area (Å²) in [5.74, 6) is 0. The van der Waals surface area contributed by atoms with E-state index < -0.39 is 20.0 Å². The first-order chi connectivity index (χ1) is 12.4. The van der Waals surface area contributed by atoms with Gasteiger partial charge in [0.1, 0.15) is 24.9 Å². The summed E-state index contributed by atoms with van der Waals surface area (Å²) in [6.07, 6.45) is -0.704. The molecule has 7 atom stereocenters. The SMILES string of the molecule is [C-]#[N+]CCOP(=O)(OC[C@H]1O[C@@H](C)CC1OC)OC1C[C@H](C)O[C@@H]1CO. The van der Waals surface area contributed by atoms with Crippen molar-refractivity contribution in [2.75, 3.05) is 33.5 Å². The van der Waals surface area contributed by atoms with Gasteiger partial charge >= 0.3 is 7.82 Å². The van der Waals surface area contributed by atoms with Gasteiger partial charge in [0.15, 0.2) is 0 Å². The van der Waals surface area contributed by atoms with Crippen molar-refractivity contribution in [3.63, 3.8) is 0 Å². The van der Waals surface area contributed by atoms with Crippen LogP contribution in [-0.2, 0) is 32.3 Å². The van der Waals surface area contributed by atoms with E-state index in [0.717, 1.165) is 6.42 Å². The number of rotatable bonds is 10. The van der Waals surface area contributed by atoms with E-state index in [2.05, 4.69) is 4.85 Å². The van der Waals surface area contributed by atoms with E-state index in [1.807, 2.05) is 13.8 Å². The molecule has 0 aromatic rings. The molecule has 0 saturated carbocycles. The summed E-state index contributed by atoms with van der Waals surface area (Å²) in [6.45, 7) is 10.3. The normalized spacial score (nSPS) is 36.7. The van der Waals surface area contributed by atoms with Gasteiger partial charge in [0.25, 0.3) is 0 Å². The van der Waals surface area contributed by atoms with Gasteiger partial charge < -0.3 is 24.2 Å². The molecule has 26 heavy (non-hydrogen) atoms. The Morgan fingerprint density at radius 3 is 2.42 bits per heavy atom. The summed E-state index contributed by atoms with van der Waals surface area (Å²) in [7, 11) is -2.37. The zero-order chi connectivity index (χ0) is 19.2. The molecule has 3 unspecified atom stereocenters. The summed E-state index contributed by atoms with van der Waals surface area (Å²) >= 11 is 0. The molecular weight excluding hydrogens is 365 g/mol. The van der Waals surface area contributed by atoms with Crippen LogP contribution in [0.15, 0.2) is 0 Å². The lowest BCUT2D eigenvalue weighted by Gasteiger charge is -2.25. The van der Waals surface area contributed by atoms with Crippen LogP contribution in [0, 0.1) is 6.57 Å². The molecule has 9 nitrogen and oxygen atoms in total. The fourth-order valence-electron chi connectivity index (χ4n) is 3.13. The molecule has 0 aliphatic carbocycles. The third-order valence-corrected chi connectivity index (χ3v) is 5.86. The van der Waals surface area contributed by atoms with Crippen molar-refractivity contribution in [3.05, 3.63) is 11.4 Å². The Kier molecular flexibility index (Phi) is 8.45. The summed E-state index contributed by atoms with van der Waals surface area (Å²) in [5.41, 5.74) is 0. The molecule has 2 aliphatic rings. The van der Waals surface area contributed by atoms with Crippen LogP contribution in [0.4, 0.5) is 0 Å². The van der Waals surface area contributed by atoms with E-state index in [0.29, 0.717) is 6.42 Å². The molecule has 2 fully saturated rings. The van der Waals surface area contributed by atoms with E-state index in [9.17, 15) is 9.67 Å². The molecule has 0 amide bonds. The number of phosphoric acid groups is 1. The van der Waals surface area contributed by atoms with Crippen LogP contribution in [0.3, 0.4) is 0 Å². The van der Waals surface area contributed by atoms with E-state index >= 15 is 0 Å². The lowest BCUT2D eigenvalue weighted by atomic mass is 10.1. The van der Waals surface area contributed by atoms with Crippen molar-refractivity contribution in [3.8, 4) is 0 Å². The third-order valence-electron chi connectivity index (χ3n) is 4.37. The number of hydrogen-bond acceptors (Lipinski definition) is 8. The zero-order valence-corrected chi connectivity index (χ0v) is 16.3. The Morgan fingerprint density at radius 1 is 1.15 bits per heavy atom. The van der Waals surface area contributed by atoms with E-state index in [-0.39, 0.29) is 50.8 Å². The molecule has 0 bridgehead atoms. The topological polar surface area (TPSA) is 97.0 Å². The van der Waals surface area contributed by atoms with Gasteiger partial charge in [-0.25, -0.2) is 11.1 Å². The predicted molar refractivity (Wildman–Crippen MR) is 91.6 cm³/mol. The van der Waals surface area contributed by atoms with Crippen LogP contribution in [-0.4, -0.2) is 75.2 Å². The van der Waals surface area contributed by atoms with Crippen molar-refractivity contribution >= 4 is 7.82 Å². The molecule has 2 rings (SSSR count). The number of nitrogens with zero attached hydrogens (tertiary/aromatic N) is 1. The Morgan fingerprint density at radius 2 is 1.81 bits per heavy atom. The van der Waals surface area contributed by atoms with Gasteiger partial charge in [0.2, 0.25) is 6.54 Å². The van der Waals surface area contributed by atoms with Crippen molar-refractivity contribution in [1.29, 1.82) is 0 Å². The number of aliphatic hydroxyl groups is 1. The zero-order valence-electron chi connectivity index (χ0n) is 15.4. The highest BCUT2D eigenvalue weighted by molar-refractivity contribution is 7.48. The Balaban J connectivity index is 1.99. The predicted octanol–water partition coefficient (Wildman–Crippen LogP) is 1.79. The quantitative estimate of drug-likeness (QED) is 0.341. The van der Waals surface area contributed by atoms with Crippen molar-refractivity contribution in [2.45, 2.75) is 63.3 Å². The Hall–Kier alpha value is -0.560. The maximum atomic E-state index is 13.0. The average molecular weight is 393 g/mol. The standard InChI is InChI=1S/C16H28NO8P/c1-11-7-13(20-4)16(24-11)10-22-26(19,21-6-5-17-3)25-14-8-12(2)23-15(14)9-18/h11-16,18H,5-10H2,1-2,4H3/t11-,12-,13?,14?,15+,16+,26?/m0/s1. The third kappa shape index (κ3) is 5.98. The van der Waals surface area contributed by atoms with Crippen LogP contribution in [0.2, 0.25) is 0 Å². The molecule has 0 spiro atoms. The first-order valence-corrected chi connectivity index (χ1v) is 10.2. The molecule has 0 aromatic carbocycles. The Labute approximate surface area is 154 Å². The van der Waals surface area contributed by atoms with Crippen molar-refractivity contribution in [1.82, 2.24) is 0 Å². The van der Waals surface area contributed by atoms with Gasteiger partial charge in [-0.2, -0.15) is 0 Å². The molecule has 0 radical (unpaired) electrons. The van der Waals surface area contributed by atoms with Crippen LogP contribution >= 0.6 is 7.82 Å². The van der Waals surface area contributed by atoms with Gasteiger partial charge in [-0.3, -0.25) is 13.6 Å². The molecule has 1 N–H and O–H groups in total. The second-order valence-electron chi connectivity index (χ2n) is 6.50. The van der Waals surface area contributed by atoms with Crippen LogP contribution in [0.25, 0.3) is 4.85 Å². The number of ether oxygens (including phenoxy) is 3. The van der Waals surface area contributed by atoms with Gasteiger partial charge in [-0.1, -0.05) is 0 Å². The maximum Gasteiger partial charge on any atom is 0.475 e. The summed E-state index contributed by atoms with van der Waals surface area (Å²) in [5, 5.41) is 9.41. The largest absolute Gasteiger partial charge is 0.475 e. The highest BCUT2D eigenvalue weighted by Gasteiger charge is 2.42. The highest BCUT2D eigenvalue weighted by atomic mass is 31.2.